The van der Waals surface area contributed by atoms with Crippen LogP contribution in [0.5, 0.6) is 11.5 Å². The molecule has 0 heterocycles. The molecule has 1 aliphatic rings. The number of aromatic hydroxyl groups is 2. The van der Waals surface area contributed by atoms with E-state index >= 15 is 0 Å². The smallest absolute Gasteiger partial charge is 0.407 e. The van der Waals surface area contributed by atoms with Crippen LogP contribution in [0.4, 0.5) is 4.79 Å². The second-order valence-corrected chi connectivity index (χ2v) is 7.10. The molecule has 128 valence electrons. The number of nitrogens with one attached hydrogen (secondary N) is 1. The minimum Gasteiger partial charge on any atom is -0.504 e. The molecule has 2 rings (SSSR count). The first-order valence-corrected chi connectivity index (χ1v) is 8.27. The highest BCUT2D eigenvalue weighted by atomic mass is 16.6. The minimum atomic E-state index is -0.442. The van der Waals surface area contributed by atoms with E-state index in [4.69, 9.17) is 4.74 Å². The molecule has 0 radical (unpaired) electrons. The molecular weight excluding hydrogens is 294 g/mol. The number of alkyl carbamates (subject to hydrolysis) is 1. The average Bonchev–Trinajstić information content (AvgIpc) is 2.48. The van der Waals surface area contributed by atoms with Crippen LogP contribution in [-0.2, 0) is 11.3 Å². The number of hydrogen-bond acceptors (Lipinski definition) is 4. The first-order chi connectivity index (χ1) is 10.8. The summed E-state index contributed by atoms with van der Waals surface area (Å²) in [6, 6.07) is 4.46. The maximum atomic E-state index is 12.0. The Hall–Kier alpha value is -1.91. The lowest BCUT2D eigenvalue weighted by molar-refractivity contribution is -0.0174. The molecule has 0 unspecified atom stereocenters. The summed E-state index contributed by atoms with van der Waals surface area (Å²) in [5.41, 5.74) is 0.304. The topological polar surface area (TPSA) is 78.8 Å². The number of ether oxygens (including phenoxy) is 1. The lowest BCUT2D eigenvalue weighted by Gasteiger charge is -2.38. The van der Waals surface area contributed by atoms with Gasteiger partial charge >= 0.3 is 6.09 Å². The van der Waals surface area contributed by atoms with Crippen LogP contribution in [0.25, 0.3) is 0 Å². The lowest BCUT2D eigenvalue weighted by Crippen LogP contribution is -2.40. The number of benzene rings is 1. The molecule has 23 heavy (non-hydrogen) atoms. The number of phenolic OH excluding ortho intramolecular Hbond substituents is 2. The summed E-state index contributed by atoms with van der Waals surface area (Å²) < 4.78 is 5.62. The molecule has 1 amide bonds. The van der Waals surface area contributed by atoms with Gasteiger partial charge in [0.2, 0.25) is 0 Å². The van der Waals surface area contributed by atoms with Crippen molar-refractivity contribution in [1.29, 1.82) is 0 Å². The summed E-state index contributed by atoms with van der Waals surface area (Å²) in [6.07, 6.45) is 3.52. The third kappa shape index (κ3) is 4.78. The number of rotatable bonds is 4. The van der Waals surface area contributed by atoms with E-state index in [1.54, 1.807) is 6.07 Å². The van der Waals surface area contributed by atoms with Crippen molar-refractivity contribution in [3.8, 4) is 11.5 Å². The molecule has 0 bridgehead atoms. The largest absolute Gasteiger partial charge is 0.504 e. The molecule has 3 N–H and O–H groups in total. The normalized spacial score (nSPS) is 24.4. The molecule has 0 atom stereocenters. The second-order valence-electron chi connectivity index (χ2n) is 7.10. The van der Waals surface area contributed by atoms with Gasteiger partial charge in [-0.15, -0.1) is 0 Å². The highest BCUT2D eigenvalue weighted by Gasteiger charge is 2.35. The Morgan fingerprint density at radius 2 is 1.96 bits per heavy atom. The predicted molar refractivity (Wildman–Crippen MR) is 88.3 cm³/mol. The molecule has 1 aromatic rings. The molecular formula is C18H27NO4. The zero-order chi connectivity index (χ0) is 17.0. The molecule has 1 fully saturated rings. The third-order valence-corrected chi connectivity index (χ3v) is 4.85. The van der Waals surface area contributed by atoms with Crippen molar-refractivity contribution in [1.82, 2.24) is 5.32 Å². The summed E-state index contributed by atoms with van der Waals surface area (Å²) >= 11 is 0. The molecule has 5 heteroatoms. The molecule has 0 aliphatic heterocycles. The van der Waals surface area contributed by atoms with Crippen molar-refractivity contribution in [2.75, 3.05) is 0 Å². The summed E-state index contributed by atoms with van der Waals surface area (Å²) in [4.78, 5) is 12.0. The van der Waals surface area contributed by atoms with Gasteiger partial charge in [-0.3, -0.25) is 0 Å². The summed E-state index contributed by atoms with van der Waals surface area (Å²) in [5.74, 6) is 1.02. The SMILES string of the molecule is CC(C)C1CCC(C)(OC(=O)NCc2ccc(O)c(O)c2)CC1. The van der Waals surface area contributed by atoms with Gasteiger partial charge in [-0.05, 0) is 62.1 Å². The highest BCUT2D eigenvalue weighted by Crippen LogP contribution is 2.37. The Kier molecular flexibility index (Phi) is 5.39. The Balaban J connectivity index is 1.81. The molecule has 0 saturated heterocycles. The van der Waals surface area contributed by atoms with Crippen molar-refractivity contribution in [2.45, 2.75) is 58.6 Å². The second kappa shape index (κ2) is 7.11. The van der Waals surface area contributed by atoms with E-state index in [0.29, 0.717) is 11.5 Å². The van der Waals surface area contributed by atoms with E-state index in [2.05, 4.69) is 19.2 Å². The minimum absolute atomic E-state index is 0.175. The predicted octanol–water partition coefficient (Wildman–Crippen LogP) is 3.93. The third-order valence-electron chi connectivity index (χ3n) is 4.85. The van der Waals surface area contributed by atoms with Crippen molar-refractivity contribution >= 4 is 6.09 Å². The molecule has 0 aromatic heterocycles. The maximum Gasteiger partial charge on any atom is 0.407 e. The van der Waals surface area contributed by atoms with E-state index in [-0.39, 0.29) is 18.0 Å². The van der Waals surface area contributed by atoms with Gasteiger partial charge in [-0.25, -0.2) is 4.79 Å². The molecule has 1 aliphatic carbocycles. The molecule has 5 nitrogen and oxygen atoms in total. The van der Waals surface area contributed by atoms with Gasteiger partial charge < -0.3 is 20.3 Å². The van der Waals surface area contributed by atoms with Gasteiger partial charge in [0.05, 0.1) is 0 Å². The molecule has 1 aromatic carbocycles. The van der Waals surface area contributed by atoms with Crippen molar-refractivity contribution in [3.63, 3.8) is 0 Å². The fourth-order valence-electron chi connectivity index (χ4n) is 3.13. The van der Waals surface area contributed by atoms with Crippen LogP contribution in [0.15, 0.2) is 18.2 Å². The van der Waals surface area contributed by atoms with Crippen molar-refractivity contribution in [3.05, 3.63) is 23.8 Å². The van der Waals surface area contributed by atoms with Crippen LogP contribution in [0.2, 0.25) is 0 Å². The number of amides is 1. The van der Waals surface area contributed by atoms with Crippen molar-refractivity contribution in [2.24, 2.45) is 11.8 Å². The van der Waals surface area contributed by atoms with Crippen LogP contribution in [0.3, 0.4) is 0 Å². The maximum absolute atomic E-state index is 12.0. The van der Waals surface area contributed by atoms with Gasteiger partial charge in [0.25, 0.3) is 0 Å². The summed E-state index contributed by atoms with van der Waals surface area (Å²) in [7, 11) is 0. The van der Waals surface area contributed by atoms with Gasteiger partial charge in [0, 0.05) is 6.54 Å². The van der Waals surface area contributed by atoms with Gasteiger partial charge in [-0.2, -0.15) is 0 Å². The van der Waals surface area contributed by atoms with Crippen LogP contribution < -0.4 is 5.32 Å². The standard InChI is InChI=1S/C18H27NO4/c1-12(2)14-6-8-18(3,9-7-14)23-17(22)19-11-13-4-5-15(20)16(21)10-13/h4-5,10,12,14,20-21H,6-9,11H2,1-3H3,(H,19,22). The van der Waals surface area contributed by atoms with Crippen LogP contribution in [-0.4, -0.2) is 21.9 Å². The monoisotopic (exact) mass is 321 g/mol. The number of phenols is 2. The van der Waals surface area contributed by atoms with Crippen LogP contribution in [0, 0.1) is 11.8 Å². The fourth-order valence-corrected chi connectivity index (χ4v) is 3.13. The van der Waals surface area contributed by atoms with Gasteiger partial charge in [0.15, 0.2) is 11.5 Å². The first kappa shape index (κ1) is 17.4. The average molecular weight is 321 g/mol. The van der Waals surface area contributed by atoms with E-state index in [0.717, 1.165) is 31.6 Å². The zero-order valence-corrected chi connectivity index (χ0v) is 14.1. The Morgan fingerprint density at radius 1 is 1.30 bits per heavy atom. The van der Waals surface area contributed by atoms with Gasteiger partial charge in [0.1, 0.15) is 5.60 Å². The number of hydrogen-bond donors (Lipinski definition) is 3. The highest BCUT2D eigenvalue weighted by molar-refractivity contribution is 5.67. The van der Waals surface area contributed by atoms with E-state index in [9.17, 15) is 15.0 Å². The van der Waals surface area contributed by atoms with Gasteiger partial charge in [-0.1, -0.05) is 19.9 Å². The quantitative estimate of drug-likeness (QED) is 0.734. The Morgan fingerprint density at radius 3 is 2.52 bits per heavy atom. The van der Waals surface area contributed by atoms with E-state index in [1.807, 2.05) is 6.92 Å². The molecule has 0 spiro atoms. The zero-order valence-electron chi connectivity index (χ0n) is 14.1. The molecule has 1 saturated carbocycles. The number of carbonyl (C=O) groups is 1. The van der Waals surface area contributed by atoms with Crippen molar-refractivity contribution < 1.29 is 19.7 Å². The summed E-state index contributed by atoms with van der Waals surface area (Å²) in [6.45, 7) is 6.73. The number of carbonyl (C=O) groups excluding carboxylic acids is 1. The van der Waals surface area contributed by atoms with E-state index in [1.165, 1.54) is 12.1 Å². The van der Waals surface area contributed by atoms with Crippen LogP contribution in [0.1, 0.15) is 52.0 Å². The van der Waals surface area contributed by atoms with Crippen LogP contribution >= 0.6 is 0 Å². The first-order valence-electron chi connectivity index (χ1n) is 8.27. The lowest BCUT2D eigenvalue weighted by atomic mass is 9.75. The fraction of sp³-hybridized carbons (Fsp3) is 0.611. The Bertz CT molecular complexity index is 548. The Labute approximate surface area is 137 Å². The van der Waals surface area contributed by atoms with E-state index < -0.39 is 11.7 Å². The summed E-state index contributed by atoms with van der Waals surface area (Å²) in [5, 5.41) is 21.4.